The average Bonchev–Trinajstić information content (AvgIpc) is 2.94. The largest absolute Gasteiger partial charge is 0.338 e. The Labute approximate surface area is 162 Å². The van der Waals surface area contributed by atoms with Crippen LogP contribution in [0.4, 0.5) is 4.39 Å². The maximum atomic E-state index is 14.2. The topological polar surface area (TPSA) is 60.9 Å². The molecule has 0 saturated carbocycles. The summed E-state index contributed by atoms with van der Waals surface area (Å²) in [6.07, 6.45) is 0. The van der Waals surface area contributed by atoms with Crippen molar-refractivity contribution in [3.8, 4) is 0 Å². The summed E-state index contributed by atoms with van der Waals surface area (Å²) in [5.74, 6) is -1.53. The number of fused-ring (bicyclic) bond motifs is 1. The second kappa shape index (κ2) is 7.16. The highest BCUT2D eigenvalue weighted by atomic mass is 19.1. The molecule has 4 rings (SSSR count). The SMILES string of the molecule is CN1CCN(C(=O)CN2C(=O)c3ccccc3C2=O)CC1c1ccccc1F. The van der Waals surface area contributed by atoms with E-state index >= 15 is 0 Å². The van der Waals surface area contributed by atoms with E-state index in [0.717, 1.165) is 4.90 Å². The zero-order valence-electron chi connectivity index (χ0n) is 15.5. The van der Waals surface area contributed by atoms with Crippen LogP contribution in [-0.2, 0) is 4.79 Å². The number of nitrogens with zero attached hydrogens (tertiary/aromatic N) is 3. The summed E-state index contributed by atoms with van der Waals surface area (Å²) in [4.78, 5) is 42.4. The molecule has 2 aromatic carbocycles. The lowest BCUT2D eigenvalue weighted by Crippen LogP contribution is -2.52. The zero-order chi connectivity index (χ0) is 19.8. The first-order valence-electron chi connectivity index (χ1n) is 9.15. The molecule has 0 spiro atoms. The van der Waals surface area contributed by atoms with Gasteiger partial charge in [-0.05, 0) is 25.2 Å². The highest BCUT2D eigenvalue weighted by Gasteiger charge is 2.38. The lowest BCUT2D eigenvalue weighted by atomic mass is 10.0. The maximum absolute atomic E-state index is 14.2. The predicted molar refractivity (Wildman–Crippen MR) is 100 cm³/mol. The van der Waals surface area contributed by atoms with Gasteiger partial charge in [-0.1, -0.05) is 30.3 Å². The molecule has 2 aliphatic rings. The lowest BCUT2D eigenvalue weighted by molar-refractivity contribution is -0.134. The number of likely N-dealkylation sites (N-methyl/N-ethyl adjacent to an activating group) is 1. The summed E-state index contributed by atoms with van der Waals surface area (Å²) in [6, 6.07) is 12.8. The number of benzene rings is 2. The molecule has 0 bridgehead atoms. The van der Waals surface area contributed by atoms with Crippen molar-refractivity contribution in [1.82, 2.24) is 14.7 Å². The Bertz CT molecular complexity index is 926. The van der Waals surface area contributed by atoms with Gasteiger partial charge >= 0.3 is 0 Å². The van der Waals surface area contributed by atoms with Gasteiger partial charge in [-0.25, -0.2) is 4.39 Å². The average molecular weight is 381 g/mol. The molecule has 1 saturated heterocycles. The summed E-state index contributed by atoms with van der Waals surface area (Å²) in [7, 11) is 1.89. The van der Waals surface area contributed by atoms with Crippen LogP contribution in [0.15, 0.2) is 48.5 Å². The highest BCUT2D eigenvalue weighted by molar-refractivity contribution is 6.22. The van der Waals surface area contributed by atoms with Gasteiger partial charge in [0.05, 0.1) is 17.2 Å². The number of amides is 3. The third-order valence-electron chi connectivity index (χ3n) is 5.44. The molecule has 144 valence electrons. The van der Waals surface area contributed by atoms with Crippen LogP contribution in [0.5, 0.6) is 0 Å². The van der Waals surface area contributed by atoms with E-state index in [4.69, 9.17) is 0 Å². The number of carbonyl (C=O) groups is 3. The van der Waals surface area contributed by atoms with Gasteiger partial charge in [0, 0.05) is 25.2 Å². The normalized spacial score (nSPS) is 19.9. The van der Waals surface area contributed by atoms with Gasteiger partial charge in [0.1, 0.15) is 12.4 Å². The van der Waals surface area contributed by atoms with Crippen molar-refractivity contribution in [3.05, 3.63) is 71.0 Å². The summed E-state index contributed by atoms with van der Waals surface area (Å²) < 4.78 is 14.2. The molecule has 0 radical (unpaired) electrons. The Kier molecular flexibility index (Phi) is 4.68. The standard InChI is InChI=1S/C21H20FN3O3/c1-23-10-11-24(12-18(23)16-8-4-5-9-17(16)22)19(26)13-25-20(27)14-6-2-3-7-15(14)21(25)28/h2-9,18H,10-13H2,1H3. The highest BCUT2D eigenvalue weighted by Crippen LogP contribution is 2.27. The van der Waals surface area contributed by atoms with Crippen molar-refractivity contribution >= 4 is 17.7 Å². The van der Waals surface area contributed by atoms with E-state index in [1.54, 1.807) is 47.4 Å². The first kappa shape index (κ1) is 18.3. The fraction of sp³-hybridized carbons (Fsp3) is 0.286. The molecule has 6 nitrogen and oxygen atoms in total. The summed E-state index contributed by atoms with van der Waals surface area (Å²) in [5.41, 5.74) is 1.18. The van der Waals surface area contributed by atoms with Crippen LogP contribution in [0.2, 0.25) is 0 Å². The fourth-order valence-electron chi connectivity index (χ4n) is 3.80. The Balaban J connectivity index is 1.49. The van der Waals surface area contributed by atoms with Crippen LogP contribution < -0.4 is 0 Å². The maximum Gasteiger partial charge on any atom is 0.262 e. The van der Waals surface area contributed by atoms with Crippen LogP contribution in [0.3, 0.4) is 0 Å². The third kappa shape index (κ3) is 3.07. The van der Waals surface area contributed by atoms with E-state index in [1.807, 2.05) is 11.9 Å². The van der Waals surface area contributed by atoms with Gasteiger partial charge in [0.15, 0.2) is 0 Å². The van der Waals surface area contributed by atoms with E-state index in [0.29, 0.717) is 36.3 Å². The number of piperazine rings is 1. The van der Waals surface area contributed by atoms with Crippen LogP contribution in [0.25, 0.3) is 0 Å². The predicted octanol–water partition coefficient (Wildman–Crippen LogP) is 1.94. The van der Waals surface area contributed by atoms with E-state index in [9.17, 15) is 18.8 Å². The van der Waals surface area contributed by atoms with E-state index in [2.05, 4.69) is 0 Å². The van der Waals surface area contributed by atoms with Crippen LogP contribution in [0, 0.1) is 5.82 Å². The quantitative estimate of drug-likeness (QED) is 0.763. The minimum atomic E-state index is -0.450. The second-order valence-electron chi connectivity index (χ2n) is 7.10. The first-order valence-corrected chi connectivity index (χ1v) is 9.15. The number of carbonyl (C=O) groups excluding carboxylic acids is 3. The van der Waals surface area contributed by atoms with Crippen molar-refractivity contribution in [2.45, 2.75) is 6.04 Å². The molecule has 1 fully saturated rings. The molecule has 0 N–H and O–H groups in total. The Morgan fingerprint density at radius 2 is 1.61 bits per heavy atom. The number of hydrogen-bond donors (Lipinski definition) is 0. The lowest BCUT2D eigenvalue weighted by Gasteiger charge is -2.40. The summed E-state index contributed by atoms with van der Waals surface area (Å²) in [6.45, 7) is 1.04. The second-order valence-corrected chi connectivity index (χ2v) is 7.10. The molecule has 2 aliphatic heterocycles. The van der Waals surface area contributed by atoms with Crippen LogP contribution >= 0.6 is 0 Å². The summed E-state index contributed by atoms with van der Waals surface area (Å²) >= 11 is 0. The van der Waals surface area contributed by atoms with Crippen molar-refractivity contribution in [3.63, 3.8) is 0 Å². The number of imide groups is 1. The Hall–Kier alpha value is -3.06. The minimum Gasteiger partial charge on any atom is -0.338 e. The molecule has 28 heavy (non-hydrogen) atoms. The monoisotopic (exact) mass is 381 g/mol. The van der Waals surface area contributed by atoms with Gasteiger partial charge < -0.3 is 4.90 Å². The van der Waals surface area contributed by atoms with Gasteiger partial charge in [-0.3, -0.25) is 24.2 Å². The molecular weight excluding hydrogens is 361 g/mol. The number of rotatable bonds is 3. The number of hydrogen-bond acceptors (Lipinski definition) is 4. The molecule has 3 amide bonds. The molecule has 0 aliphatic carbocycles. The van der Waals surface area contributed by atoms with Crippen LogP contribution in [0.1, 0.15) is 32.3 Å². The molecule has 1 atom stereocenters. The third-order valence-corrected chi connectivity index (χ3v) is 5.44. The zero-order valence-corrected chi connectivity index (χ0v) is 15.5. The van der Waals surface area contributed by atoms with E-state index in [-0.39, 0.29) is 24.3 Å². The van der Waals surface area contributed by atoms with E-state index in [1.165, 1.54) is 6.07 Å². The Morgan fingerprint density at radius 3 is 2.25 bits per heavy atom. The summed E-state index contributed by atoms with van der Waals surface area (Å²) in [5, 5.41) is 0. The van der Waals surface area contributed by atoms with E-state index < -0.39 is 11.8 Å². The first-order chi connectivity index (χ1) is 13.5. The molecular formula is C21H20FN3O3. The molecule has 2 heterocycles. The fourth-order valence-corrected chi connectivity index (χ4v) is 3.80. The van der Waals surface area contributed by atoms with Crippen molar-refractivity contribution in [1.29, 1.82) is 0 Å². The van der Waals surface area contributed by atoms with Gasteiger partial charge in [-0.15, -0.1) is 0 Å². The Morgan fingerprint density at radius 1 is 1.00 bits per heavy atom. The van der Waals surface area contributed by atoms with Gasteiger partial charge in [0.25, 0.3) is 11.8 Å². The number of halogens is 1. The van der Waals surface area contributed by atoms with Crippen molar-refractivity contribution in [2.24, 2.45) is 0 Å². The molecule has 0 aromatic heterocycles. The molecule has 7 heteroatoms. The smallest absolute Gasteiger partial charge is 0.262 e. The van der Waals surface area contributed by atoms with Gasteiger partial charge in [-0.2, -0.15) is 0 Å². The van der Waals surface area contributed by atoms with Gasteiger partial charge in [0.2, 0.25) is 5.91 Å². The van der Waals surface area contributed by atoms with Crippen LogP contribution in [-0.4, -0.2) is 65.6 Å². The molecule has 2 aromatic rings. The van der Waals surface area contributed by atoms with Crippen molar-refractivity contribution < 1.29 is 18.8 Å². The molecule has 1 unspecified atom stereocenters. The minimum absolute atomic E-state index is 0.277. The van der Waals surface area contributed by atoms with Crippen molar-refractivity contribution in [2.75, 3.05) is 33.2 Å².